The van der Waals surface area contributed by atoms with Gasteiger partial charge in [-0.05, 0) is 25.7 Å². The fourth-order valence-corrected chi connectivity index (χ4v) is 5.28. The molecule has 3 atom stereocenters. The predicted molar refractivity (Wildman–Crippen MR) is 117 cm³/mol. The Hall–Kier alpha value is -0.710. The van der Waals surface area contributed by atoms with Crippen molar-refractivity contribution in [3.8, 4) is 0 Å². The topological polar surface area (TPSA) is 99.3 Å². The van der Waals surface area contributed by atoms with Crippen LogP contribution in [0.2, 0.25) is 0 Å². The number of carbonyl (C=O) groups excluding carboxylic acids is 3. The molecule has 4 amide bonds. The monoisotopic (exact) mass is 510 g/mol. The van der Waals surface area contributed by atoms with E-state index in [1.165, 1.54) is 0 Å². The molecule has 2 aliphatic rings. The summed E-state index contributed by atoms with van der Waals surface area (Å²) in [4.78, 5) is 34.3. The lowest BCUT2D eigenvalue weighted by atomic mass is 10.0. The molecule has 0 aromatic rings. The molecule has 0 spiro atoms. The minimum atomic E-state index is -0.0416. The molecule has 2 heterocycles. The van der Waals surface area contributed by atoms with Crippen LogP contribution < -0.4 is 21.3 Å². The summed E-state index contributed by atoms with van der Waals surface area (Å²) in [5.74, 6) is 1.22. The summed E-state index contributed by atoms with van der Waals surface area (Å²) in [6.07, 6.45) is 7.68. The number of nitrogens with one attached hydrogen (secondary N) is 4. The highest BCUT2D eigenvalue weighted by molar-refractivity contribution is 14.1. The minimum absolute atomic E-state index is 0.0416. The second-order valence-electron chi connectivity index (χ2n) is 7.12. The summed E-state index contributed by atoms with van der Waals surface area (Å²) in [6, 6.07) is 0.490. The van der Waals surface area contributed by atoms with Gasteiger partial charge in [-0.2, -0.15) is 11.8 Å². The molecule has 154 valence electrons. The first-order valence-corrected chi connectivity index (χ1v) is 12.5. The van der Waals surface area contributed by atoms with Gasteiger partial charge in [0.05, 0.1) is 16.5 Å². The maximum atomic E-state index is 11.9. The molecule has 2 saturated heterocycles. The van der Waals surface area contributed by atoms with Crippen LogP contribution >= 0.6 is 34.4 Å². The highest BCUT2D eigenvalue weighted by Gasteiger charge is 2.42. The number of carbonyl (C=O) groups is 3. The Morgan fingerprint density at radius 3 is 2.41 bits per heavy atom. The number of hydrogen-bond donors (Lipinski definition) is 4. The molecule has 0 bridgehead atoms. The van der Waals surface area contributed by atoms with Crippen molar-refractivity contribution >= 4 is 52.2 Å². The zero-order valence-electron chi connectivity index (χ0n) is 15.7. The summed E-state index contributed by atoms with van der Waals surface area (Å²) in [5.41, 5.74) is 0. The van der Waals surface area contributed by atoms with Gasteiger partial charge in [0.15, 0.2) is 0 Å². The summed E-state index contributed by atoms with van der Waals surface area (Å²) in [5, 5.41) is 12.3. The number of alkyl halides is 1. The minimum Gasteiger partial charge on any atom is -0.356 e. The molecule has 9 heteroatoms. The van der Waals surface area contributed by atoms with Crippen molar-refractivity contribution in [2.24, 2.45) is 0 Å². The second-order valence-corrected chi connectivity index (χ2v) is 9.15. The van der Waals surface area contributed by atoms with E-state index in [-0.39, 0.29) is 29.9 Å². The molecule has 7 nitrogen and oxygen atoms in total. The van der Waals surface area contributed by atoms with E-state index in [0.29, 0.717) is 16.1 Å². The van der Waals surface area contributed by atoms with Crippen LogP contribution in [0.1, 0.15) is 51.4 Å². The lowest BCUT2D eigenvalue weighted by Crippen LogP contribution is -2.36. The average molecular weight is 510 g/mol. The van der Waals surface area contributed by atoms with Gasteiger partial charge >= 0.3 is 6.03 Å². The maximum Gasteiger partial charge on any atom is 0.315 e. The Kier molecular flexibility index (Phi) is 10.6. The fourth-order valence-electron chi connectivity index (χ4n) is 3.47. The summed E-state index contributed by atoms with van der Waals surface area (Å²) in [6.45, 7) is 1.48. The van der Waals surface area contributed by atoms with Crippen LogP contribution in [0.4, 0.5) is 4.79 Å². The molecule has 0 aromatic heterocycles. The van der Waals surface area contributed by atoms with E-state index in [0.717, 1.165) is 63.8 Å². The largest absolute Gasteiger partial charge is 0.356 e. The first kappa shape index (κ1) is 22.6. The van der Waals surface area contributed by atoms with Gasteiger partial charge in [0.1, 0.15) is 0 Å². The van der Waals surface area contributed by atoms with Gasteiger partial charge in [0.2, 0.25) is 11.8 Å². The first-order valence-electron chi connectivity index (χ1n) is 9.88. The lowest BCUT2D eigenvalue weighted by Gasteiger charge is -2.16. The molecule has 0 saturated carbocycles. The number of thioether (sulfide) groups is 1. The molecular formula is C18H31IN4O3S. The number of fused-ring (bicyclic) bond motifs is 1. The van der Waals surface area contributed by atoms with Crippen LogP contribution in [-0.4, -0.2) is 58.4 Å². The van der Waals surface area contributed by atoms with Gasteiger partial charge in [-0.15, -0.1) is 0 Å². The highest BCUT2D eigenvalue weighted by Crippen LogP contribution is 2.33. The Balaban J connectivity index is 1.39. The van der Waals surface area contributed by atoms with Crippen LogP contribution in [0, 0.1) is 0 Å². The normalized spacial score (nSPS) is 23.4. The smallest absolute Gasteiger partial charge is 0.315 e. The molecule has 4 N–H and O–H groups in total. The van der Waals surface area contributed by atoms with Gasteiger partial charge in [-0.3, -0.25) is 9.59 Å². The third-order valence-corrected chi connectivity index (χ3v) is 7.15. The van der Waals surface area contributed by atoms with E-state index >= 15 is 0 Å². The van der Waals surface area contributed by atoms with Crippen molar-refractivity contribution in [2.45, 2.75) is 68.7 Å². The van der Waals surface area contributed by atoms with Gasteiger partial charge < -0.3 is 21.3 Å². The average Bonchev–Trinajstić information content (AvgIpc) is 3.20. The lowest BCUT2D eigenvalue weighted by molar-refractivity contribution is -0.121. The van der Waals surface area contributed by atoms with E-state index in [4.69, 9.17) is 0 Å². The van der Waals surface area contributed by atoms with Crippen molar-refractivity contribution in [1.82, 2.24) is 21.3 Å². The number of amides is 4. The van der Waals surface area contributed by atoms with E-state index in [9.17, 15) is 14.4 Å². The molecule has 0 radical (unpaired) electrons. The van der Waals surface area contributed by atoms with Gasteiger partial charge in [0.25, 0.3) is 0 Å². The number of unbranched alkanes of at least 4 members (excludes halogenated alkanes) is 4. The van der Waals surface area contributed by atoms with Crippen molar-refractivity contribution in [3.63, 3.8) is 0 Å². The van der Waals surface area contributed by atoms with Crippen LogP contribution in [0.5, 0.6) is 0 Å². The molecule has 0 aromatic carbocycles. The standard InChI is InChI=1S/C18H31IN4O3S/c19-11-16(25)21-10-6-2-1-5-9-20-15(24)8-4-3-7-14-17-13(12-27-14)22-18(26)23-17/h13-14,17H,1-12H2,(H,20,24)(H,21,25)(H2,22,23,26). The highest BCUT2D eigenvalue weighted by atomic mass is 127. The third-order valence-electron chi connectivity index (χ3n) is 4.95. The van der Waals surface area contributed by atoms with Crippen LogP contribution in [-0.2, 0) is 9.59 Å². The van der Waals surface area contributed by atoms with Crippen molar-refractivity contribution in [1.29, 1.82) is 0 Å². The first-order chi connectivity index (χ1) is 13.1. The Labute approximate surface area is 179 Å². The van der Waals surface area contributed by atoms with Gasteiger partial charge in [-0.25, -0.2) is 4.79 Å². The summed E-state index contributed by atoms with van der Waals surface area (Å²) >= 11 is 3.98. The quantitative estimate of drug-likeness (QED) is 0.132. The zero-order chi connectivity index (χ0) is 19.5. The van der Waals surface area contributed by atoms with E-state index in [1.807, 2.05) is 11.8 Å². The SMILES string of the molecule is O=C(CI)NCCCCCCNC(=O)CCCCC1SCC2NC(=O)NC21. The number of halogens is 1. The van der Waals surface area contributed by atoms with Crippen LogP contribution in [0.15, 0.2) is 0 Å². The van der Waals surface area contributed by atoms with Crippen molar-refractivity contribution in [2.75, 3.05) is 23.3 Å². The molecule has 2 fully saturated rings. The summed E-state index contributed by atoms with van der Waals surface area (Å²) in [7, 11) is 0. The third kappa shape index (κ3) is 8.45. The van der Waals surface area contributed by atoms with Crippen molar-refractivity contribution in [3.05, 3.63) is 0 Å². The maximum absolute atomic E-state index is 11.9. The molecule has 2 aliphatic heterocycles. The Bertz CT molecular complexity index is 509. The molecule has 0 aliphatic carbocycles. The van der Waals surface area contributed by atoms with Gasteiger partial charge in [0, 0.05) is 30.5 Å². The van der Waals surface area contributed by atoms with Crippen molar-refractivity contribution < 1.29 is 14.4 Å². The fraction of sp³-hybridized carbons (Fsp3) is 0.833. The Morgan fingerprint density at radius 2 is 1.70 bits per heavy atom. The molecule has 2 rings (SSSR count). The van der Waals surface area contributed by atoms with E-state index in [1.54, 1.807) is 0 Å². The molecule has 3 unspecified atom stereocenters. The summed E-state index contributed by atoms with van der Waals surface area (Å²) < 4.78 is 0.512. The van der Waals surface area contributed by atoms with Crippen LogP contribution in [0.25, 0.3) is 0 Å². The Morgan fingerprint density at radius 1 is 1.00 bits per heavy atom. The molecular weight excluding hydrogens is 479 g/mol. The number of hydrogen-bond acceptors (Lipinski definition) is 4. The number of rotatable bonds is 13. The van der Waals surface area contributed by atoms with Crippen LogP contribution in [0.3, 0.4) is 0 Å². The van der Waals surface area contributed by atoms with Gasteiger partial charge in [-0.1, -0.05) is 41.9 Å². The number of urea groups is 1. The second kappa shape index (κ2) is 12.7. The van der Waals surface area contributed by atoms with E-state index in [2.05, 4.69) is 43.9 Å². The zero-order valence-corrected chi connectivity index (χ0v) is 18.7. The predicted octanol–water partition coefficient (Wildman–Crippen LogP) is 1.94. The molecule has 27 heavy (non-hydrogen) atoms. The van der Waals surface area contributed by atoms with E-state index < -0.39 is 0 Å².